The van der Waals surface area contributed by atoms with E-state index in [0.29, 0.717) is 11.3 Å². The number of carbonyl (C=O) groups excluding carboxylic acids is 4. The Labute approximate surface area is 151 Å². The third-order valence-electron chi connectivity index (χ3n) is 4.63. The van der Waals surface area contributed by atoms with Crippen molar-refractivity contribution in [1.29, 1.82) is 0 Å². The first-order valence-electron chi connectivity index (χ1n) is 7.87. The maximum absolute atomic E-state index is 12.6. The molecule has 2 aliphatic rings. The Morgan fingerprint density at radius 3 is 2.54 bits per heavy atom. The van der Waals surface area contributed by atoms with Crippen molar-refractivity contribution in [3.8, 4) is 0 Å². The van der Waals surface area contributed by atoms with Gasteiger partial charge in [-0.25, -0.2) is 9.69 Å². The van der Waals surface area contributed by atoms with E-state index in [-0.39, 0.29) is 17.7 Å². The molecule has 6 nitrogen and oxygen atoms in total. The van der Waals surface area contributed by atoms with Gasteiger partial charge in [0, 0.05) is 6.04 Å². The fourth-order valence-electron chi connectivity index (χ4n) is 3.32. The minimum absolute atomic E-state index is 0.170. The van der Waals surface area contributed by atoms with Gasteiger partial charge in [0.2, 0.25) is 0 Å². The van der Waals surface area contributed by atoms with Gasteiger partial charge in [0.1, 0.15) is 0 Å². The summed E-state index contributed by atoms with van der Waals surface area (Å²) in [6.45, 7) is 1.60. The predicted molar refractivity (Wildman–Crippen MR) is 91.7 cm³/mol. The molecule has 0 N–H and O–H groups in total. The first-order chi connectivity index (χ1) is 11.4. The van der Waals surface area contributed by atoms with Crippen molar-refractivity contribution in [2.24, 2.45) is 5.92 Å². The molecule has 2 heterocycles. The van der Waals surface area contributed by atoms with E-state index in [4.69, 9.17) is 0 Å². The Kier molecular flexibility index (Phi) is 4.87. The number of nitrogens with zero attached hydrogens (tertiary/aromatic N) is 2. The summed E-state index contributed by atoms with van der Waals surface area (Å²) in [7, 11) is 0. The van der Waals surface area contributed by atoms with Gasteiger partial charge in [0.15, 0.2) is 5.78 Å². The van der Waals surface area contributed by atoms with Gasteiger partial charge in [0.25, 0.3) is 0 Å². The minimum Gasteiger partial charge on any atom is -0.291 e. The fraction of sp³-hybridized carbons (Fsp3) is 0.500. The number of halogens is 1. The number of hydrogen-bond acceptors (Lipinski definition) is 5. The van der Waals surface area contributed by atoms with Crippen molar-refractivity contribution in [1.82, 2.24) is 9.80 Å². The summed E-state index contributed by atoms with van der Waals surface area (Å²) in [5.41, 5.74) is 0. The summed E-state index contributed by atoms with van der Waals surface area (Å²) >= 11 is 4.50. The first kappa shape index (κ1) is 17.3. The molecule has 0 unspecified atom stereocenters. The number of imide groups is 2. The second-order valence-corrected chi connectivity index (χ2v) is 8.67. The Morgan fingerprint density at radius 1 is 1.21 bits per heavy atom. The van der Waals surface area contributed by atoms with Crippen LogP contribution in [0.5, 0.6) is 0 Å². The zero-order valence-corrected chi connectivity index (χ0v) is 15.6. The Bertz CT molecular complexity index is 717. The van der Waals surface area contributed by atoms with Crippen molar-refractivity contribution in [2.75, 3.05) is 6.54 Å². The lowest BCUT2D eigenvalue weighted by molar-refractivity contribution is -0.144. The molecule has 128 valence electrons. The van der Waals surface area contributed by atoms with Crippen LogP contribution in [0.1, 0.15) is 42.3 Å². The number of amides is 4. The van der Waals surface area contributed by atoms with E-state index >= 15 is 0 Å². The predicted octanol–water partition coefficient (Wildman–Crippen LogP) is 3.06. The Hall–Kier alpha value is -1.54. The van der Waals surface area contributed by atoms with Crippen LogP contribution in [0.3, 0.4) is 0 Å². The summed E-state index contributed by atoms with van der Waals surface area (Å²) < 4.78 is 0.790. The molecule has 0 aromatic carbocycles. The fourth-order valence-corrected chi connectivity index (χ4v) is 4.64. The van der Waals surface area contributed by atoms with E-state index in [9.17, 15) is 19.2 Å². The van der Waals surface area contributed by atoms with Gasteiger partial charge in [-0.1, -0.05) is 19.8 Å². The van der Waals surface area contributed by atoms with E-state index in [1.165, 1.54) is 11.3 Å². The third kappa shape index (κ3) is 3.04. The van der Waals surface area contributed by atoms with E-state index in [0.717, 1.165) is 32.8 Å². The van der Waals surface area contributed by atoms with E-state index < -0.39 is 24.4 Å². The quantitative estimate of drug-likeness (QED) is 0.432. The highest BCUT2D eigenvalue weighted by atomic mass is 79.9. The van der Waals surface area contributed by atoms with Crippen LogP contribution in [0.15, 0.2) is 15.9 Å². The van der Waals surface area contributed by atoms with Crippen molar-refractivity contribution in [3.05, 3.63) is 20.8 Å². The molecule has 1 aromatic rings. The summed E-state index contributed by atoms with van der Waals surface area (Å²) in [6.07, 6.45) is 3.64. The number of urea groups is 1. The van der Waals surface area contributed by atoms with Crippen LogP contribution in [0.2, 0.25) is 0 Å². The smallest absolute Gasteiger partial charge is 0.291 e. The molecule has 1 aliphatic carbocycles. The highest BCUT2D eigenvalue weighted by Gasteiger charge is 2.49. The monoisotopic (exact) mass is 412 g/mol. The molecule has 1 saturated heterocycles. The molecule has 1 aromatic heterocycles. The lowest BCUT2D eigenvalue weighted by Crippen LogP contribution is -2.46. The van der Waals surface area contributed by atoms with Crippen molar-refractivity contribution in [3.63, 3.8) is 0 Å². The highest BCUT2D eigenvalue weighted by molar-refractivity contribution is 9.11. The van der Waals surface area contributed by atoms with Gasteiger partial charge in [0.05, 0.1) is 15.2 Å². The number of Topliss-reactive ketones (excluding diaryl/α,β-unsaturated/α-hetero) is 1. The molecule has 3 rings (SSSR count). The maximum Gasteiger partial charge on any atom is 0.334 e. The summed E-state index contributed by atoms with van der Waals surface area (Å²) in [5, 5.41) is 0. The Balaban J connectivity index is 1.77. The zero-order valence-electron chi connectivity index (χ0n) is 13.2. The molecule has 1 aliphatic heterocycles. The van der Waals surface area contributed by atoms with Crippen molar-refractivity contribution < 1.29 is 19.2 Å². The molecule has 0 radical (unpaired) electrons. The maximum atomic E-state index is 12.6. The summed E-state index contributed by atoms with van der Waals surface area (Å²) in [5.74, 6) is -1.89. The van der Waals surface area contributed by atoms with Crippen LogP contribution in [-0.2, 0) is 9.59 Å². The largest absolute Gasteiger partial charge is 0.334 e. The van der Waals surface area contributed by atoms with Crippen LogP contribution in [-0.4, -0.2) is 46.0 Å². The van der Waals surface area contributed by atoms with Gasteiger partial charge in [-0.05, 0) is 46.8 Å². The molecular weight excluding hydrogens is 396 g/mol. The van der Waals surface area contributed by atoms with Crippen LogP contribution in [0, 0.1) is 5.92 Å². The molecule has 2 atom stereocenters. The standard InChI is InChI=1S/C16H17BrN2O4S/c1-9-4-2-3-5-10(9)19-15(22)14(21)18(16(19)23)8-11(20)12-6-7-13(17)24-12/h6-7,9-10H,2-5,8H2,1H3/t9-,10-/m0/s1. The lowest BCUT2D eigenvalue weighted by atomic mass is 9.85. The van der Waals surface area contributed by atoms with Gasteiger partial charge in [-0.2, -0.15) is 0 Å². The molecule has 4 amide bonds. The molecule has 2 fully saturated rings. The van der Waals surface area contributed by atoms with Crippen molar-refractivity contribution >= 4 is 50.9 Å². The SMILES string of the molecule is C[C@H]1CCCC[C@@H]1N1C(=O)C(=O)N(CC(=O)c2ccc(Br)s2)C1=O. The number of hydrogen-bond donors (Lipinski definition) is 0. The van der Waals surface area contributed by atoms with E-state index in [2.05, 4.69) is 15.9 Å². The second kappa shape index (κ2) is 6.76. The molecule has 0 bridgehead atoms. The average molecular weight is 413 g/mol. The number of rotatable bonds is 4. The van der Waals surface area contributed by atoms with Crippen LogP contribution in [0.4, 0.5) is 4.79 Å². The van der Waals surface area contributed by atoms with Gasteiger partial charge < -0.3 is 0 Å². The Morgan fingerprint density at radius 2 is 1.92 bits per heavy atom. The minimum atomic E-state index is -0.901. The summed E-state index contributed by atoms with van der Waals surface area (Å²) in [4.78, 5) is 51.7. The molecule has 24 heavy (non-hydrogen) atoms. The van der Waals surface area contributed by atoms with Gasteiger partial charge >= 0.3 is 17.8 Å². The topological polar surface area (TPSA) is 74.8 Å². The van der Waals surface area contributed by atoms with E-state index in [1.54, 1.807) is 12.1 Å². The van der Waals surface area contributed by atoms with Crippen molar-refractivity contribution in [2.45, 2.75) is 38.6 Å². The first-order valence-corrected chi connectivity index (χ1v) is 9.48. The third-order valence-corrected chi connectivity index (χ3v) is 6.30. The number of ketones is 1. The van der Waals surface area contributed by atoms with Gasteiger partial charge in [-0.15, -0.1) is 11.3 Å². The molecule has 8 heteroatoms. The molecule has 1 saturated carbocycles. The van der Waals surface area contributed by atoms with Crippen LogP contribution < -0.4 is 0 Å². The zero-order chi connectivity index (χ0) is 17.4. The number of thiophene rings is 1. The highest BCUT2D eigenvalue weighted by Crippen LogP contribution is 2.31. The normalized spacial score (nSPS) is 24.8. The summed E-state index contributed by atoms with van der Waals surface area (Å²) in [6, 6.07) is 2.45. The lowest BCUT2D eigenvalue weighted by Gasteiger charge is -2.34. The molecular formula is C16H17BrN2O4S. The second-order valence-electron chi connectivity index (χ2n) is 6.21. The van der Waals surface area contributed by atoms with E-state index in [1.807, 2.05) is 6.92 Å². The van der Waals surface area contributed by atoms with Gasteiger partial charge in [-0.3, -0.25) is 19.3 Å². The van der Waals surface area contributed by atoms with Crippen LogP contribution in [0.25, 0.3) is 0 Å². The average Bonchev–Trinajstić information content (AvgIpc) is 3.07. The van der Waals surface area contributed by atoms with Crippen LogP contribution >= 0.6 is 27.3 Å². The molecule has 0 spiro atoms. The number of carbonyl (C=O) groups is 4.